The van der Waals surface area contributed by atoms with Crippen LogP contribution in [0.3, 0.4) is 0 Å². The van der Waals surface area contributed by atoms with Crippen LogP contribution in [0.2, 0.25) is 0 Å². The van der Waals surface area contributed by atoms with Gasteiger partial charge in [0.05, 0.1) is 0 Å². The summed E-state index contributed by atoms with van der Waals surface area (Å²) in [5.74, 6) is 0.929. The van der Waals surface area contributed by atoms with E-state index in [4.69, 9.17) is 10.6 Å². The molecule has 0 aromatic heterocycles. The first kappa shape index (κ1) is 12.1. The average Bonchev–Trinajstić information content (AvgIpc) is 2.26. The predicted molar refractivity (Wildman–Crippen MR) is 56.0 cm³/mol. The zero-order valence-corrected chi connectivity index (χ0v) is 9.00. The van der Waals surface area contributed by atoms with Gasteiger partial charge in [-0.1, -0.05) is 5.16 Å². The quantitative estimate of drug-likeness (QED) is 0.754. The largest absolute Gasteiger partial charge is 0.389 e. The van der Waals surface area contributed by atoms with E-state index in [1.165, 1.54) is 0 Å². The van der Waals surface area contributed by atoms with Crippen molar-refractivity contribution >= 4 is 29.2 Å². The summed E-state index contributed by atoms with van der Waals surface area (Å²) in [6, 6.07) is 0. The molecule has 0 radical (unpaired) electrons. The van der Waals surface area contributed by atoms with Crippen LogP contribution in [0.4, 0.5) is 0 Å². The van der Waals surface area contributed by atoms with Gasteiger partial charge in [-0.3, -0.25) is 0 Å². The summed E-state index contributed by atoms with van der Waals surface area (Å²) in [4.78, 5) is 5.18. The number of nitrogens with two attached hydrogens (primary N) is 1. The van der Waals surface area contributed by atoms with Crippen LogP contribution in [0.5, 0.6) is 0 Å². The van der Waals surface area contributed by atoms with Crippen LogP contribution in [0, 0.1) is 0 Å². The lowest BCUT2D eigenvalue weighted by molar-refractivity contribution is 0.0123. The van der Waals surface area contributed by atoms with E-state index in [1.807, 2.05) is 13.8 Å². The molecule has 0 saturated heterocycles. The maximum Gasteiger partial charge on any atom is 0.138 e. The second-order valence-electron chi connectivity index (χ2n) is 3.15. The highest BCUT2D eigenvalue weighted by molar-refractivity contribution is 8.13. The lowest BCUT2D eigenvalue weighted by Gasteiger charge is -2.12. The van der Waals surface area contributed by atoms with Gasteiger partial charge in [0.25, 0.3) is 0 Å². The van der Waals surface area contributed by atoms with E-state index in [0.717, 1.165) is 17.2 Å². The fraction of sp³-hybridized carbons (Fsp3) is 0.857. The first-order valence-electron chi connectivity index (χ1n) is 3.72. The number of halogens is 1. The summed E-state index contributed by atoms with van der Waals surface area (Å²) in [6.45, 7) is 4.77. The normalized spacial score (nSPS) is 19.4. The van der Waals surface area contributed by atoms with Crippen LogP contribution in [-0.2, 0) is 4.84 Å². The van der Waals surface area contributed by atoms with Crippen LogP contribution in [0.1, 0.15) is 20.3 Å². The number of thioether (sulfide) groups is 1. The van der Waals surface area contributed by atoms with Crippen molar-refractivity contribution in [2.24, 2.45) is 10.9 Å². The molecule has 3 nitrogen and oxygen atoms in total. The Morgan fingerprint density at radius 3 is 2.75 bits per heavy atom. The summed E-state index contributed by atoms with van der Waals surface area (Å²) >= 11 is 1.69. The van der Waals surface area contributed by atoms with Crippen LogP contribution >= 0.6 is 24.2 Å². The Morgan fingerprint density at radius 1 is 1.67 bits per heavy atom. The third-order valence-electron chi connectivity index (χ3n) is 1.36. The van der Waals surface area contributed by atoms with Crippen LogP contribution in [-0.4, -0.2) is 22.9 Å². The van der Waals surface area contributed by atoms with Gasteiger partial charge in [-0.2, -0.15) is 0 Å². The highest BCUT2D eigenvalue weighted by Gasteiger charge is 2.28. The van der Waals surface area contributed by atoms with Gasteiger partial charge in [0.1, 0.15) is 10.6 Å². The van der Waals surface area contributed by atoms with Crippen molar-refractivity contribution in [1.82, 2.24) is 0 Å². The molecule has 1 aliphatic rings. The molecule has 72 valence electrons. The summed E-state index contributed by atoms with van der Waals surface area (Å²) in [5.41, 5.74) is 5.26. The zero-order valence-electron chi connectivity index (χ0n) is 7.37. The monoisotopic (exact) mass is 210 g/mol. The minimum atomic E-state index is -0.100. The minimum absolute atomic E-state index is 0. The van der Waals surface area contributed by atoms with E-state index >= 15 is 0 Å². The molecule has 0 atom stereocenters. The Morgan fingerprint density at radius 2 is 2.33 bits per heavy atom. The third kappa shape index (κ3) is 3.65. The molecule has 0 unspecified atom stereocenters. The Bertz CT molecular complexity index is 173. The van der Waals surface area contributed by atoms with Gasteiger partial charge >= 0.3 is 0 Å². The Kier molecular flexibility index (Phi) is 4.97. The molecule has 1 aliphatic heterocycles. The Labute approximate surface area is 83.5 Å². The standard InChI is InChI=1S/C7H14N2OS.ClH/c1-7(2)5-6(9-10-7)11-4-3-8;/h3-5,8H2,1-2H3;1H. The molecule has 0 aromatic rings. The van der Waals surface area contributed by atoms with Crippen molar-refractivity contribution in [3.05, 3.63) is 0 Å². The molecule has 2 N–H and O–H groups in total. The highest BCUT2D eigenvalue weighted by atomic mass is 35.5. The number of nitrogens with zero attached hydrogens (tertiary/aromatic N) is 1. The molecular formula is C7H15ClN2OS. The van der Waals surface area contributed by atoms with E-state index in [-0.39, 0.29) is 18.0 Å². The SMILES string of the molecule is CC1(C)CC(SCCN)=NO1.Cl. The van der Waals surface area contributed by atoms with Crippen molar-refractivity contribution in [1.29, 1.82) is 0 Å². The van der Waals surface area contributed by atoms with Crippen LogP contribution in [0.15, 0.2) is 5.16 Å². The van der Waals surface area contributed by atoms with Gasteiger partial charge in [-0.15, -0.1) is 24.2 Å². The molecular weight excluding hydrogens is 196 g/mol. The van der Waals surface area contributed by atoms with E-state index < -0.39 is 0 Å². The molecule has 0 aliphatic carbocycles. The maximum atomic E-state index is 5.36. The molecule has 0 fully saturated rings. The average molecular weight is 211 g/mol. The summed E-state index contributed by atoms with van der Waals surface area (Å²) in [6.07, 6.45) is 0.914. The zero-order chi connectivity index (χ0) is 8.32. The molecule has 0 spiro atoms. The Balaban J connectivity index is 0.00000121. The van der Waals surface area contributed by atoms with Gasteiger partial charge in [-0.25, -0.2) is 0 Å². The molecule has 0 bridgehead atoms. The fourth-order valence-electron chi connectivity index (χ4n) is 0.857. The topological polar surface area (TPSA) is 47.6 Å². The smallest absolute Gasteiger partial charge is 0.138 e. The lowest BCUT2D eigenvalue weighted by atomic mass is 10.1. The molecule has 5 heteroatoms. The minimum Gasteiger partial charge on any atom is -0.389 e. The third-order valence-corrected chi connectivity index (χ3v) is 2.35. The van der Waals surface area contributed by atoms with Crippen molar-refractivity contribution in [2.45, 2.75) is 25.9 Å². The summed E-state index contributed by atoms with van der Waals surface area (Å²) < 4.78 is 0. The van der Waals surface area contributed by atoms with E-state index in [0.29, 0.717) is 6.54 Å². The molecule has 12 heavy (non-hydrogen) atoms. The number of oxime groups is 1. The molecule has 1 rings (SSSR count). The van der Waals surface area contributed by atoms with Crippen LogP contribution < -0.4 is 5.73 Å². The van der Waals surface area contributed by atoms with E-state index in [1.54, 1.807) is 11.8 Å². The second kappa shape index (κ2) is 4.94. The van der Waals surface area contributed by atoms with Gasteiger partial charge < -0.3 is 10.6 Å². The lowest BCUT2D eigenvalue weighted by Crippen LogP contribution is -2.18. The molecule has 0 aromatic carbocycles. The van der Waals surface area contributed by atoms with Gasteiger partial charge in [-0.05, 0) is 13.8 Å². The van der Waals surface area contributed by atoms with Crippen molar-refractivity contribution in [2.75, 3.05) is 12.3 Å². The van der Waals surface area contributed by atoms with Crippen molar-refractivity contribution in [3.8, 4) is 0 Å². The maximum absolute atomic E-state index is 5.36. The summed E-state index contributed by atoms with van der Waals surface area (Å²) in [7, 11) is 0. The molecule has 1 heterocycles. The fourth-order valence-corrected chi connectivity index (χ4v) is 1.75. The van der Waals surface area contributed by atoms with E-state index in [9.17, 15) is 0 Å². The number of rotatable bonds is 2. The first-order chi connectivity index (χ1) is 5.14. The summed E-state index contributed by atoms with van der Waals surface area (Å²) in [5, 5.41) is 5.02. The van der Waals surface area contributed by atoms with Crippen molar-refractivity contribution < 1.29 is 4.84 Å². The first-order valence-corrected chi connectivity index (χ1v) is 4.70. The molecule has 0 saturated carbocycles. The number of hydrogen-bond acceptors (Lipinski definition) is 4. The Hall–Kier alpha value is 0.0700. The van der Waals surface area contributed by atoms with Gasteiger partial charge in [0.15, 0.2) is 0 Å². The highest BCUT2D eigenvalue weighted by Crippen LogP contribution is 2.26. The molecule has 0 amide bonds. The van der Waals surface area contributed by atoms with Crippen LogP contribution in [0.25, 0.3) is 0 Å². The number of hydrogen-bond donors (Lipinski definition) is 1. The second-order valence-corrected chi connectivity index (χ2v) is 4.32. The van der Waals surface area contributed by atoms with Crippen molar-refractivity contribution in [3.63, 3.8) is 0 Å². The predicted octanol–water partition coefficient (Wildman–Crippen LogP) is 1.61. The van der Waals surface area contributed by atoms with Gasteiger partial charge in [0, 0.05) is 18.7 Å². The van der Waals surface area contributed by atoms with Gasteiger partial charge in [0.2, 0.25) is 0 Å². The van der Waals surface area contributed by atoms with E-state index in [2.05, 4.69) is 5.16 Å².